The topological polar surface area (TPSA) is 32.3 Å². The molecule has 0 radical (unpaired) electrons. The molecule has 1 rings (SSSR count). The second kappa shape index (κ2) is 6.01. The van der Waals surface area contributed by atoms with Crippen molar-refractivity contribution in [1.82, 2.24) is 5.32 Å². The van der Waals surface area contributed by atoms with Crippen LogP contribution < -0.4 is 10.2 Å². The molecule has 0 aliphatic carbocycles. The van der Waals surface area contributed by atoms with Crippen molar-refractivity contribution in [3.05, 3.63) is 29.8 Å². The lowest BCUT2D eigenvalue weighted by molar-refractivity contribution is -0.117. The molecule has 0 saturated carbocycles. The van der Waals surface area contributed by atoms with Gasteiger partial charge in [0, 0.05) is 18.3 Å². The molecule has 1 amide bonds. The summed E-state index contributed by atoms with van der Waals surface area (Å²) in [6, 6.07) is 7.97. The number of likely N-dealkylation sites (N-methyl/N-ethyl adjacent to an activating group) is 1. The van der Waals surface area contributed by atoms with Gasteiger partial charge in [-0.15, -0.1) is 0 Å². The monoisotopic (exact) mass is 248 g/mol. The Labute approximate surface area is 110 Å². The van der Waals surface area contributed by atoms with E-state index in [4.69, 9.17) is 0 Å². The molecule has 0 aliphatic heterocycles. The molecule has 1 aromatic rings. The second-order valence-electron chi connectivity index (χ2n) is 5.38. The SMILES string of the molecule is CCC(C)(C)NCC(=O)N(C)c1ccc(C)cc1. The van der Waals surface area contributed by atoms with E-state index in [2.05, 4.69) is 26.1 Å². The Morgan fingerprint density at radius 2 is 1.83 bits per heavy atom. The van der Waals surface area contributed by atoms with E-state index in [-0.39, 0.29) is 11.4 Å². The molecule has 3 nitrogen and oxygen atoms in total. The Hall–Kier alpha value is -1.35. The summed E-state index contributed by atoms with van der Waals surface area (Å²) in [6.45, 7) is 8.72. The quantitative estimate of drug-likeness (QED) is 0.869. The smallest absolute Gasteiger partial charge is 0.240 e. The molecule has 18 heavy (non-hydrogen) atoms. The van der Waals surface area contributed by atoms with E-state index in [1.54, 1.807) is 4.90 Å². The maximum absolute atomic E-state index is 12.1. The summed E-state index contributed by atoms with van der Waals surface area (Å²) in [4.78, 5) is 13.7. The number of aryl methyl sites for hydroxylation is 1. The highest BCUT2D eigenvalue weighted by molar-refractivity contribution is 5.94. The van der Waals surface area contributed by atoms with E-state index >= 15 is 0 Å². The van der Waals surface area contributed by atoms with Crippen molar-refractivity contribution >= 4 is 11.6 Å². The highest BCUT2D eigenvalue weighted by Gasteiger charge is 2.17. The Morgan fingerprint density at radius 3 is 2.33 bits per heavy atom. The zero-order chi connectivity index (χ0) is 13.8. The summed E-state index contributed by atoms with van der Waals surface area (Å²) in [5.74, 6) is 0.0837. The first-order chi connectivity index (χ1) is 8.35. The van der Waals surface area contributed by atoms with Gasteiger partial charge in [-0.25, -0.2) is 0 Å². The van der Waals surface area contributed by atoms with Crippen molar-refractivity contribution in [2.75, 3.05) is 18.5 Å². The molecule has 1 N–H and O–H groups in total. The third kappa shape index (κ3) is 4.15. The van der Waals surface area contributed by atoms with Crippen molar-refractivity contribution in [2.45, 2.75) is 39.7 Å². The van der Waals surface area contributed by atoms with Gasteiger partial charge in [0.05, 0.1) is 6.54 Å². The average Bonchev–Trinajstić information content (AvgIpc) is 2.36. The lowest BCUT2D eigenvalue weighted by atomic mass is 10.0. The minimum Gasteiger partial charge on any atom is -0.314 e. The maximum atomic E-state index is 12.1. The van der Waals surface area contributed by atoms with Crippen LogP contribution in [0.4, 0.5) is 5.69 Å². The normalized spacial score (nSPS) is 11.4. The lowest BCUT2D eigenvalue weighted by Gasteiger charge is -2.26. The summed E-state index contributed by atoms with van der Waals surface area (Å²) < 4.78 is 0. The number of carbonyl (C=O) groups excluding carboxylic acids is 1. The number of carbonyl (C=O) groups is 1. The van der Waals surface area contributed by atoms with Crippen LogP contribution in [0.25, 0.3) is 0 Å². The number of hydrogen-bond acceptors (Lipinski definition) is 2. The third-order valence-corrected chi connectivity index (χ3v) is 3.40. The first-order valence-electron chi connectivity index (χ1n) is 6.44. The molecule has 100 valence electrons. The largest absolute Gasteiger partial charge is 0.314 e. The molecular formula is C15H24N2O. The van der Waals surface area contributed by atoms with Crippen molar-refractivity contribution in [2.24, 2.45) is 0 Å². The summed E-state index contributed by atoms with van der Waals surface area (Å²) >= 11 is 0. The van der Waals surface area contributed by atoms with E-state index < -0.39 is 0 Å². The second-order valence-corrected chi connectivity index (χ2v) is 5.38. The van der Waals surface area contributed by atoms with Gasteiger partial charge in [0.25, 0.3) is 0 Å². The number of rotatable bonds is 5. The zero-order valence-electron chi connectivity index (χ0n) is 12.1. The Kier molecular flexibility index (Phi) is 4.91. The predicted molar refractivity (Wildman–Crippen MR) is 77.0 cm³/mol. The van der Waals surface area contributed by atoms with Gasteiger partial charge in [0.1, 0.15) is 0 Å². The molecule has 0 aromatic heterocycles. The zero-order valence-corrected chi connectivity index (χ0v) is 12.1. The van der Waals surface area contributed by atoms with Crippen LogP contribution in [0.3, 0.4) is 0 Å². The number of nitrogens with zero attached hydrogens (tertiary/aromatic N) is 1. The molecule has 0 saturated heterocycles. The van der Waals surface area contributed by atoms with Gasteiger partial charge in [0.2, 0.25) is 5.91 Å². The number of nitrogens with one attached hydrogen (secondary N) is 1. The van der Waals surface area contributed by atoms with Crippen LogP contribution in [-0.2, 0) is 4.79 Å². The van der Waals surface area contributed by atoms with Gasteiger partial charge in [0.15, 0.2) is 0 Å². The molecule has 3 heteroatoms. The van der Waals surface area contributed by atoms with Crippen molar-refractivity contribution in [3.8, 4) is 0 Å². The van der Waals surface area contributed by atoms with Gasteiger partial charge in [-0.2, -0.15) is 0 Å². The van der Waals surface area contributed by atoms with Gasteiger partial charge in [-0.3, -0.25) is 4.79 Å². The van der Waals surface area contributed by atoms with Gasteiger partial charge in [-0.1, -0.05) is 24.6 Å². The van der Waals surface area contributed by atoms with Crippen LogP contribution in [0.2, 0.25) is 0 Å². The molecule has 1 aromatic carbocycles. The summed E-state index contributed by atoms with van der Waals surface area (Å²) in [6.07, 6.45) is 0.995. The number of benzene rings is 1. The molecule has 0 bridgehead atoms. The Morgan fingerprint density at radius 1 is 1.28 bits per heavy atom. The number of anilines is 1. The van der Waals surface area contributed by atoms with E-state index in [1.807, 2.05) is 38.2 Å². The fraction of sp³-hybridized carbons (Fsp3) is 0.533. The van der Waals surface area contributed by atoms with Crippen LogP contribution in [0, 0.1) is 6.92 Å². The number of hydrogen-bond donors (Lipinski definition) is 1. The summed E-state index contributed by atoms with van der Waals surface area (Å²) in [5.41, 5.74) is 2.13. The highest BCUT2D eigenvalue weighted by Crippen LogP contribution is 2.13. The molecule has 0 unspecified atom stereocenters. The molecular weight excluding hydrogens is 224 g/mol. The van der Waals surface area contributed by atoms with Crippen molar-refractivity contribution in [3.63, 3.8) is 0 Å². The minimum absolute atomic E-state index is 0.00375. The lowest BCUT2D eigenvalue weighted by Crippen LogP contribution is -2.45. The fourth-order valence-corrected chi connectivity index (χ4v) is 1.47. The predicted octanol–water partition coefficient (Wildman–Crippen LogP) is 2.74. The summed E-state index contributed by atoms with van der Waals surface area (Å²) in [5, 5.41) is 3.28. The minimum atomic E-state index is 0.00375. The molecule has 0 fully saturated rings. The first-order valence-corrected chi connectivity index (χ1v) is 6.44. The van der Waals surface area contributed by atoms with Crippen LogP contribution >= 0.6 is 0 Å². The first kappa shape index (κ1) is 14.7. The van der Waals surface area contributed by atoms with Crippen molar-refractivity contribution < 1.29 is 4.79 Å². The van der Waals surface area contributed by atoms with Crippen LogP contribution in [-0.4, -0.2) is 25.0 Å². The highest BCUT2D eigenvalue weighted by atomic mass is 16.2. The van der Waals surface area contributed by atoms with E-state index in [1.165, 1.54) is 5.56 Å². The van der Waals surface area contributed by atoms with Gasteiger partial charge >= 0.3 is 0 Å². The van der Waals surface area contributed by atoms with E-state index in [9.17, 15) is 4.79 Å². The van der Waals surface area contributed by atoms with Gasteiger partial charge < -0.3 is 10.2 Å². The Balaban J connectivity index is 2.59. The van der Waals surface area contributed by atoms with Crippen molar-refractivity contribution in [1.29, 1.82) is 0 Å². The van der Waals surface area contributed by atoms with Crippen LogP contribution in [0.5, 0.6) is 0 Å². The molecule has 0 aliphatic rings. The number of amides is 1. The van der Waals surface area contributed by atoms with E-state index in [0.717, 1.165) is 12.1 Å². The fourth-order valence-electron chi connectivity index (χ4n) is 1.47. The maximum Gasteiger partial charge on any atom is 0.240 e. The third-order valence-electron chi connectivity index (χ3n) is 3.40. The standard InChI is InChI=1S/C15H24N2O/c1-6-15(3,4)16-11-14(18)17(5)13-9-7-12(2)8-10-13/h7-10,16H,6,11H2,1-5H3. The summed E-state index contributed by atoms with van der Waals surface area (Å²) in [7, 11) is 1.81. The van der Waals surface area contributed by atoms with Crippen LogP contribution in [0.15, 0.2) is 24.3 Å². The van der Waals surface area contributed by atoms with Crippen LogP contribution in [0.1, 0.15) is 32.8 Å². The van der Waals surface area contributed by atoms with E-state index in [0.29, 0.717) is 6.54 Å². The molecule has 0 heterocycles. The molecule has 0 atom stereocenters. The average molecular weight is 248 g/mol. The Bertz CT molecular complexity index is 395. The van der Waals surface area contributed by atoms with Gasteiger partial charge in [-0.05, 0) is 39.3 Å². The molecule has 0 spiro atoms.